The number of allylic oxidation sites excluding steroid dienone is 2. The predicted octanol–water partition coefficient (Wildman–Crippen LogP) is 15.6. The number of hydrogen-bond acceptors (Lipinski definition) is 2. The van der Waals surface area contributed by atoms with Crippen LogP contribution < -0.4 is 9.64 Å². The summed E-state index contributed by atoms with van der Waals surface area (Å²) in [5.41, 5.74) is 17.7. The Hall–Kier alpha value is -7.82. The van der Waals surface area contributed by atoms with Gasteiger partial charge in [-0.05, 0) is 145 Å². The monoisotopic (exact) mass is 823 g/mol. The van der Waals surface area contributed by atoms with E-state index in [9.17, 15) is 0 Å². The number of aromatic nitrogens is 2. The highest BCUT2D eigenvalue weighted by molar-refractivity contribution is 6.11. The maximum atomic E-state index is 6.93. The second kappa shape index (κ2) is 14.9. The maximum absolute atomic E-state index is 6.93. The van der Waals surface area contributed by atoms with E-state index in [0.717, 1.165) is 53.8 Å². The van der Waals surface area contributed by atoms with Gasteiger partial charge in [0.2, 0.25) is 0 Å². The highest BCUT2D eigenvalue weighted by Gasteiger charge is 2.41. The van der Waals surface area contributed by atoms with Gasteiger partial charge >= 0.3 is 0 Å². The van der Waals surface area contributed by atoms with Gasteiger partial charge in [-0.15, -0.1) is 0 Å². The summed E-state index contributed by atoms with van der Waals surface area (Å²) in [5, 5.41) is 3.68. The standard InChI is InChI=1S/C60H45N3O/c1-5-15-40(16-6-1)42-25-30-56-50(35-42)53-38-47(28-33-59(53)62(56)45-21-11-4-12-22-45)64-48-29-34-60-54(39-48)51-36-43(41-17-7-2-8-18-41)26-31-57(51)63(60)46-27-32-58-52(37-46)49-23-13-14-24-55(49)61(58)44-19-9-3-10-20-44/h1-13,15-23,25,27-30,32-39,51,57H,14,24,26,31H2. The lowest BCUT2D eigenvalue weighted by molar-refractivity contribution is 0.482. The second-order valence-corrected chi connectivity index (χ2v) is 17.5. The fourth-order valence-corrected chi connectivity index (χ4v) is 11.1. The molecule has 0 spiro atoms. The Balaban J connectivity index is 0.923. The summed E-state index contributed by atoms with van der Waals surface area (Å²) in [6.45, 7) is 0. The van der Waals surface area contributed by atoms with Crippen LogP contribution in [0.3, 0.4) is 0 Å². The number of ether oxygens (including phenoxy) is 1. The molecule has 4 nitrogen and oxygen atoms in total. The van der Waals surface area contributed by atoms with Crippen LogP contribution in [0.25, 0.3) is 66.9 Å². The van der Waals surface area contributed by atoms with E-state index in [1.54, 1.807) is 0 Å². The molecule has 0 amide bonds. The first-order chi connectivity index (χ1) is 31.7. The largest absolute Gasteiger partial charge is 0.457 e. The van der Waals surface area contributed by atoms with E-state index in [1.165, 1.54) is 78.0 Å². The normalized spacial score (nSPS) is 16.5. The Morgan fingerprint density at radius 3 is 1.86 bits per heavy atom. The third-order valence-electron chi connectivity index (χ3n) is 13.9. The molecule has 0 saturated heterocycles. The number of para-hydroxylation sites is 2. The van der Waals surface area contributed by atoms with Gasteiger partial charge in [0.1, 0.15) is 11.5 Å². The van der Waals surface area contributed by atoms with Crippen LogP contribution in [0.5, 0.6) is 11.5 Å². The van der Waals surface area contributed by atoms with Gasteiger partial charge in [0, 0.05) is 62.1 Å². The van der Waals surface area contributed by atoms with Gasteiger partial charge in [-0.3, -0.25) is 0 Å². The fourth-order valence-electron chi connectivity index (χ4n) is 11.1. The quantitative estimate of drug-likeness (QED) is 0.160. The lowest BCUT2D eigenvalue weighted by Crippen LogP contribution is -2.31. The number of fused-ring (bicyclic) bond motifs is 9. The van der Waals surface area contributed by atoms with Crippen molar-refractivity contribution in [2.75, 3.05) is 4.90 Å². The molecular weight excluding hydrogens is 779 g/mol. The molecule has 0 saturated carbocycles. The van der Waals surface area contributed by atoms with Crippen molar-refractivity contribution < 1.29 is 4.74 Å². The van der Waals surface area contributed by atoms with Crippen LogP contribution in [0.1, 0.15) is 47.6 Å². The van der Waals surface area contributed by atoms with Crippen LogP contribution in [0.15, 0.2) is 206 Å². The Labute approximate surface area is 373 Å². The zero-order valence-electron chi connectivity index (χ0n) is 35.4. The molecular formula is C60H45N3O. The van der Waals surface area contributed by atoms with Crippen molar-refractivity contribution in [2.24, 2.45) is 0 Å². The Kier molecular flexibility index (Phi) is 8.58. The van der Waals surface area contributed by atoms with Gasteiger partial charge in [0.05, 0.1) is 16.6 Å². The molecule has 3 heterocycles. The van der Waals surface area contributed by atoms with Crippen molar-refractivity contribution in [3.8, 4) is 34.0 Å². The van der Waals surface area contributed by atoms with Crippen molar-refractivity contribution >= 4 is 55.7 Å². The van der Waals surface area contributed by atoms with Gasteiger partial charge in [0.25, 0.3) is 0 Å². The molecule has 0 N–H and O–H groups in total. The highest BCUT2D eigenvalue weighted by atomic mass is 16.5. The number of benzene rings is 8. The molecule has 13 rings (SSSR count). The van der Waals surface area contributed by atoms with E-state index in [0.29, 0.717) is 0 Å². The van der Waals surface area contributed by atoms with E-state index in [-0.39, 0.29) is 12.0 Å². The van der Waals surface area contributed by atoms with Gasteiger partial charge in [0.15, 0.2) is 0 Å². The molecule has 0 bridgehead atoms. The lowest BCUT2D eigenvalue weighted by atomic mass is 9.81. The van der Waals surface area contributed by atoms with Gasteiger partial charge in [-0.2, -0.15) is 0 Å². The minimum Gasteiger partial charge on any atom is -0.457 e. The van der Waals surface area contributed by atoms with Crippen molar-refractivity contribution in [2.45, 2.75) is 37.6 Å². The van der Waals surface area contributed by atoms with Crippen molar-refractivity contribution in [1.82, 2.24) is 9.13 Å². The first kappa shape index (κ1) is 36.8. The average molecular weight is 824 g/mol. The van der Waals surface area contributed by atoms with Gasteiger partial charge < -0.3 is 18.8 Å². The zero-order valence-corrected chi connectivity index (χ0v) is 35.4. The van der Waals surface area contributed by atoms with E-state index in [1.807, 2.05) is 0 Å². The van der Waals surface area contributed by atoms with Gasteiger partial charge in [-0.1, -0.05) is 121 Å². The van der Waals surface area contributed by atoms with Gasteiger partial charge in [-0.25, -0.2) is 0 Å². The lowest BCUT2D eigenvalue weighted by Gasteiger charge is -2.33. The number of anilines is 2. The zero-order chi connectivity index (χ0) is 42.1. The molecule has 0 fully saturated rings. The molecule has 0 radical (unpaired) electrons. The number of hydrogen-bond donors (Lipinski definition) is 0. The van der Waals surface area contributed by atoms with E-state index >= 15 is 0 Å². The summed E-state index contributed by atoms with van der Waals surface area (Å²) >= 11 is 0. The first-order valence-electron chi connectivity index (χ1n) is 22.7. The average Bonchev–Trinajstić information content (AvgIpc) is 3.99. The van der Waals surface area contributed by atoms with E-state index in [4.69, 9.17) is 4.74 Å². The topological polar surface area (TPSA) is 22.3 Å². The van der Waals surface area contributed by atoms with Crippen molar-refractivity contribution in [3.63, 3.8) is 0 Å². The molecule has 2 unspecified atom stereocenters. The Morgan fingerprint density at radius 2 is 1.09 bits per heavy atom. The Morgan fingerprint density at radius 1 is 0.469 bits per heavy atom. The second-order valence-electron chi connectivity index (χ2n) is 17.5. The summed E-state index contributed by atoms with van der Waals surface area (Å²) in [6.07, 6.45) is 11.4. The van der Waals surface area contributed by atoms with E-state index < -0.39 is 0 Å². The highest BCUT2D eigenvalue weighted by Crippen LogP contribution is 2.53. The Bertz CT molecular complexity index is 3470. The van der Waals surface area contributed by atoms with Crippen LogP contribution in [-0.4, -0.2) is 15.2 Å². The molecule has 1 aliphatic heterocycles. The van der Waals surface area contributed by atoms with Crippen molar-refractivity contribution in [1.29, 1.82) is 0 Å². The summed E-state index contributed by atoms with van der Waals surface area (Å²) in [7, 11) is 0. The van der Waals surface area contributed by atoms with Crippen LogP contribution in [0, 0.1) is 0 Å². The maximum Gasteiger partial charge on any atom is 0.128 e. The molecule has 8 aromatic carbocycles. The molecule has 2 aromatic heterocycles. The molecule has 64 heavy (non-hydrogen) atoms. The SMILES string of the molecule is C1=Cc2c(n(-c3ccccc3)c3ccc(N4c5ccc(Oc6ccc7c(c6)c6cc(-c8ccccc8)ccc6n7-c6ccccc6)cc5C5C=C(c6ccccc6)CCC54)cc23)CC1. The molecule has 4 heteroatoms. The van der Waals surface area contributed by atoms with Crippen LogP contribution >= 0.6 is 0 Å². The van der Waals surface area contributed by atoms with E-state index in [2.05, 4.69) is 226 Å². The smallest absolute Gasteiger partial charge is 0.128 e. The summed E-state index contributed by atoms with van der Waals surface area (Å²) in [5.74, 6) is 1.89. The first-order valence-corrected chi connectivity index (χ1v) is 22.7. The molecule has 306 valence electrons. The minimum atomic E-state index is 0.212. The van der Waals surface area contributed by atoms with Crippen LogP contribution in [0.2, 0.25) is 0 Å². The molecule has 2 atom stereocenters. The fraction of sp³-hybridized carbons (Fsp3) is 0.100. The third-order valence-corrected chi connectivity index (χ3v) is 13.9. The molecule has 10 aromatic rings. The van der Waals surface area contributed by atoms with Crippen molar-refractivity contribution in [3.05, 3.63) is 229 Å². The summed E-state index contributed by atoms with van der Waals surface area (Å²) < 4.78 is 11.8. The summed E-state index contributed by atoms with van der Waals surface area (Å²) in [6, 6.07) is 70.8. The minimum absolute atomic E-state index is 0.212. The third kappa shape index (κ3) is 5.97. The number of rotatable bonds is 7. The predicted molar refractivity (Wildman–Crippen MR) is 266 cm³/mol. The number of nitrogens with zero attached hydrogens (tertiary/aromatic N) is 3. The van der Waals surface area contributed by atoms with Crippen LogP contribution in [0.4, 0.5) is 11.4 Å². The molecule has 2 aliphatic carbocycles. The summed E-state index contributed by atoms with van der Waals surface area (Å²) in [4.78, 5) is 2.63. The molecule has 3 aliphatic rings. The van der Waals surface area contributed by atoms with Crippen LogP contribution in [-0.2, 0) is 6.42 Å².